The van der Waals surface area contributed by atoms with E-state index in [2.05, 4.69) is 17.1 Å². The van der Waals surface area contributed by atoms with Gasteiger partial charge in [-0.1, -0.05) is 48.5 Å². The summed E-state index contributed by atoms with van der Waals surface area (Å²) in [6.07, 6.45) is 3.73. The Morgan fingerprint density at radius 2 is 1.58 bits per heavy atom. The number of aromatic nitrogens is 1. The van der Waals surface area contributed by atoms with Gasteiger partial charge in [0.15, 0.2) is 5.58 Å². The fourth-order valence-corrected chi connectivity index (χ4v) is 2.58. The molecule has 0 spiro atoms. The van der Waals surface area contributed by atoms with Crippen molar-refractivity contribution < 1.29 is 9.52 Å². The van der Waals surface area contributed by atoms with E-state index in [0.29, 0.717) is 5.89 Å². The fraction of sp³-hybridized carbons (Fsp3) is 0. The second-order valence-electron chi connectivity index (χ2n) is 5.53. The summed E-state index contributed by atoms with van der Waals surface area (Å²) in [5.74, 6) is 0.811. The van der Waals surface area contributed by atoms with Crippen LogP contribution >= 0.6 is 0 Å². The predicted octanol–water partition coefficient (Wildman–Crippen LogP) is 5.37. The first kappa shape index (κ1) is 14.3. The number of benzene rings is 3. The number of phenols is 1. The summed E-state index contributed by atoms with van der Waals surface area (Å²) in [6, 6.07) is 23.2. The first-order chi connectivity index (χ1) is 11.8. The monoisotopic (exact) mass is 313 g/mol. The van der Waals surface area contributed by atoms with Crippen molar-refractivity contribution in [1.29, 1.82) is 0 Å². The molecule has 0 radical (unpaired) electrons. The third kappa shape index (κ3) is 2.92. The molecular formula is C21H15NO2. The lowest BCUT2D eigenvalue weighted by Crippen LogP contribution is -1.77. The van der Waals surface area contributed by atoms with E-state index in [1.807, 2.05) is 60.7 Å². The lowest BCUT2D eigenvalue weighted by Gasteiger charge is -1.99. The zero-order chi connectivity index (χ0) is 16.4. The molecule has 116 valence electrons. The van der Waals surface area contributed by atoms with Gasteiger partial charge in [0, 0.05) is 6.08 Å². The quantitative estimate of drug-likeness (QED) is 0.553. The molecule has 3 nitrogen and oxygen atoms in total. The van der Waals surface area contributed by atoms with E-state index in [1.165, 1.54) is 0 Å². The smallest absolute Gasteiger partial charge is 0.220 e. The summed E-state index contributed by atoms with van der Waals surface area (Å²) in [5, 5.41) is 9.30. The Balaban J connectivity index is 1.64. The Bertz CT molecular complexity index is 999. The van der Waals surface area contributed by atoms with Crippen LogP contribution < -0.4 is 0 Å². The van der Waals surface area contributed by atoms with Crippen molar-refractivity contribution in [3.63, 3.8) is 0 Å². The van der Waals surface area contributed by atoms with Gasteiger partial charge in [-0.2, -0.15) is 0 Å². The number of aromatic hydroxyl groups is 1. The lowest BCUT2D eigenvalue weighted by molar-refractivity contribution is 0.475. The largest absolute Gasteiger partial charge is 0.508 e. The SMILES string of the molecule is Oc1ccc(/C=C/c2nc3cc(-c4ccccc4)ccc3o2)cc1. The zero-order valence-corrected chi connectivity index (χ0v) is 12.9. The summed E-state index contributed by atoms with van der Waals surface area (Å²) in [6.45, 7) is 0. The average molecular weight is 313 g/mol. The van der Waals surface area contributed by atoms with Crippen LogP contribution in [0.25, 0.3) is 34.4 Å². The third-order valence-corrected chi connectivity index (χ3v) is 3.82. The van der Waals surface area contributed by atoms with Crippen molar-refractivity contribution in [2.24, 2.45) is 0 Å². The molecule has 24 heavy (non-hydrogen) atoms. The maximum absolute atomic E-state index is 9.30. The summed E-state index contributed by atoms with van der Waals surface area (Å²) in [7, 11) is 0. The number of nitrogens with zero attached hydrogens (tertiary/aromatic N) is 1. The van der Waals surface area contributed by atoms with Gasteiger partial charge < -0.3 is 9.52 Å². The molecule has 0 atom stereocenters. The molecule has 0 aliphatic rings. The van der Waals surface area contributed by atoms with E-state index in [1.54, 1.807) is 12.1 Å². The van der Waals surface area contributed by atoms with Gasteiger partial charge in [-0.25, -0.2) is 4.98 Å². The van der Waals surface area contributed by atoms with Crippen molar-refractivity contribution in [3.8, 4) is 16.9 Å². The van der Waals surface area contributed by atoms with Crippen molar-refractivity contribution in [3.05, 3.63) is 84.3 Å². The highest BCUT2D eigenvalue weighted by molar-refractivity contribution is 5.82. The Morgan fingerprint density at radius 1 is 0.792 bits per heavy atom. The highest BCUT2D eigenvalue weighted by Crippen LogP contribution is 2.25. The minimum Gasteiger partial charge on any atom is -0.508 e. The van der Waals surface area contributed by atoms with Crippen LogP contribution in [0.3, 0.4) is 0 Å². The number of hydrogen-bond donors (Lipinski definition) is 1. The van der Waals surface area contributed by atoms with Crippen LogP contribution in [0.1, 0.15) is 11.5 Å². The fourth-order valence-electron chi connectivity index (χ4n) is 2.58. The molecule has 0 aliphatic carbocycles. The van der Waals surface area contributed by atoms with Gasteiger partial charge in [0.1, 0.15) is 11.3 Å². The van der Waals surface area contributed by atoms with E-state index >= 15 is 0 Å². The van der Waals surface area contributed by atoms with Gasteiger partial charge in [-0.3, -0.25) is 0 Å². The number of oxazole rings is 1. The zero-order valence-electron chi connectivity index (χ0n) is 12.9. The van der Waals surface area contributed by atoms with Crippen LogP contribution in [-0.2, 0) is 0 Å². The molecule has 4 aromatic rings. The first-order valence-electron chi connectivity index (χ1n) is 7.71. The summed E-state index contributed by atoms with van der Waals surface area (Å²) < 4.78 is 5.76. The minimum atomic E-state index is 0.252. The van der Waals surface area contributed by atoms with Crippen molar-refractivity contribution in [2.45, 2.75) is 0 Å². The molecule has 3 heteroatoms. The van der Waals surface area contributed by atoms with Crippen molar-refractivity contribution in [1.82, 2.24) is 4.98 Å². The van der Waals surface area contributed by atoms with E-state index in [0.717, 1.165) is 27.8 Å². The Kier molecular flexibility index (Phi) is 3.60. The van der Waals surface area contributed by atoms with E-state index in [4.69, 9.17) is 4.42 Å². The van der Waals surface area contributed by atoms with Gasteiger partial charge >= 0.3 is 0 Å². The van der Waals surface area contributed by atoms with Crippen LogP contribution in [0.15, 0.2) is 77.2 Å². The Labute approximate surface area is 139 Å². The Morgan fingerprint density at radius 3 is 2.38 bits per heavy atom. The van der Waals surface area contributed by atoms with Gasteiger partial charge in [-0.05, 0) is 47.0 Å². The molecule has 4 rings (SSSR count). The normalized spacial score (nSPS) is 11.3. The predicted molar refractivity (Wildman–Crippen MR) is 96.5 cm³/mol. The second-order valence-corrected chi connectivity index (χ2v) is 5.53. The number of fused-ring (bicyclic) bond motifs is 1. The molecule has 0 saturated carbocycles. The van der Waals surface area contributed by atoms with Crippen LogP contribution in [-0.4, -0.2) is 10.1 Å². The van der Waals surface area contributed by atoms with Crippen LogP contribution in [0.2, 0.25) is 0 Å². The Hall–Kier alpha value is -3.33. The molecule has 0 saturated heterocycles. The topological polar surface area (TPSA) is 46.3 Å². The average Bonchev–Trinajstić information content (AvgIpc) is 3.04. The highest BCUT2D eigenvalue weighted by Gasteiger charge is 2.05. The molecule has 3 aromatic carbocycles. The van der Waals surface area contributed by atoms with E-state index in [9.17, 15) is 5.11 Å². The molecule has 0 amide bonds. The minimum absolute atomic E-state index is 0.252. The highest BCUT2D eigenvalue weighted by atomic mass is 16.3. The summed E-state index contributed by atoms with van der Waals surface area (Å²) in [4.78, 5) is 4.53. The molecule has 1 N–H and O–H groups in total. The molecule has 0 aliphatic heterocycles. The molecule has 0 bridgehead atoms. The van der Waals surface area contributed by atoms with Gasteiger partial charge in [-0.15, -0.1) is 0 Å². The van der Waals surface area contributed by atoms with Gasteiger partial charge in [0.25, 0.3) is 0 Å². The molecule has 1 heterocycles. The van der Waals surface area contributed by atoms with E-state index < -0.39 is 0 Å². The van der Waals surface area contributed by atoms with Crippen LogP contribution in [0, 0.1) is 0 Å². The third-order valence-electron chi connectivity index (χ3n) is 3.82. The van der Waals surface area contributed by atoms with Gasteiger partial charge in [0.2, 0.25) is 5.89 Å². The van der Waals surface area contributed by atoms with Crippen molar-refractivity contribution in [2.75, 3.05) is 0 Å². The van der Waals surface area contributed by atoms with Crippen LogP contribution in [0.4, 0.5) is 0 Å². The summed E-state index contributed by atoms with van der Waals surface area (Å²) >= 11 is 0. The number of rotatable bonds is 3. The lowest BCUT2D eigenvalue weighted by atomic mass is 10.1. The summed E-state index contributed by atoms with van der Waals surface area (Å²) in [5.41, 5.74) is 4.84. The maximum atomic E-state index is 9.30. The van der Waals surface area contributed by atoms with Crippen LogP contribution in [0.5, 0.6) is 5.75 Å². The van der Waals surface area contributed by atoms with Crippen molar-refractivity contribution >= 4 is 23.3 Å². The first-order valence-corrected chi connectivity index (χ1v) is 7.71. The number of phenolic OH excluding ortho intramolecular Hbond substituents is 1. The van der Waals surface area contributed by atoms with Gasteiger partial charge in [0.05, 0.1) is 0 Å². The van der Waals surface area contributed by atoms with E-state index in [-0.39, 0.29) is 5.75 Å². The number of hydrogen-bond acceptors (Lipinski definition) is 3. The molecule has 1 aromatic heterocycles. The maximum Gasteiger partial charge on any atom is 0.220 e. The molecule has 0 fully saturated rings. The second kappa shape index (κ2) is 6.05. The molecule has 0 unspecified atom stereocenters. The standard InChI is InChI=1S/C21H15NO2/c23-18-10-6-15(7-11-18)8-13-21-22-19-14-17(9-12-20(19)24-21)16-4-2-1-3-5-16/h1-14,23H/b13-8+. The molecular weight excluding hydrogens is 298 g/mol.